The predicted molar refractivity (Wildman–Crippen MR) is 59.8 cm³/mol. The summed E-state index contributed by atoms with van der Waals surface area (Å²) in [6, 6.07) is 6.37. The van der Waals surface area contributed by atoms with Crippen molar-refractivity contribution >= 4 is 21.7 Å². The van der Waals surface area contributed by atoms with Gasteiger partial charge in [-0.3, -0.25) is 0 Å². The van der Waals surface area contributed by atoms with Crippen LogP contribution in [0, 0.1) is 5.82 Å². The Bertz CT molecular complexity index is 481. The first kappa shape index (κ1) is 10.2. The highest BCUT2D eigenvalue weighted by Crippen LogP contribution is 2.18. The zero-order valence-corrected chi connectivity index (χ0v) is 9.41. The second kappa shape index (κ2) is 4.02. The van der Waals surface area contributed by atoms with Crippen molar-refractivity contribution < 1.29 is 4.39 Å². The molecule has 0 bridgehead atoms. The third kappa shape index (κ3) is 2.18. The van der Waals surface area contributed by atoms with E-state index in [9.17, 15) is 4.39 Å². The molecule has 0 unspecified atom stereocenters. The maximum absolute atomic E-state index is 12.9. The van der Waals surface area contributed by atoms with Crippen molar-refractivity contribution in [3.8, 4) is 0 Å². The molecule has 1 aromatic carbocycles. The average Bonchev–Trinajstić information content (AvgIpc) is 2.50. The number of benzene rings is 1. The first-order valence-electron chi connectivity index (χ1n) is 4.38. The van der Waals surface area contributed by atoms with Crippen LogP contribution < -0.4 is 5.73 Å². The van der Waals surface area contributed by atoms with E-state index in [0.717, 1.165) is 10.0 Å². The van der Waals surface area contributed by atoms with Gasteiger partial charge in [-0.2, -0.15) is 5.10 Å². The first-order chi connectivity index (χ1) is 7.16. The lowest BCUT2D eigenvalue weighted by Crippen LogP contribution is -2.05. The molecule has 78 valence electrons. The number of nitrogens with two attached hydrogens (primary N) is 1. The molecular weight excluding hydrogens is 261 g/mol. The summed E-state index contributed by atoms with van der Waals surface area (Å²) < 4.78 is 15.3. The minimum Gasteiger partial charge on any atom is -0.383 e. The maximum Gasteiger partial charge on any atom is 0.136 e. The Hall–Kier alpha value is -1.36. The standard InChI is InChI=1S/C10H9BrFN3/c11-9-5-14-15(10(9)13)6-7-2-1-3-8(12)4-7/h1-5H,6,13H2. The Labute approximate surface area is 94.8 Å². The third-order valence-electron chi connectivity index (χ3n) is 2.05. The molecule has 2 aromatic rings. The molecule has 0 aliphatic heterocycles. The highest BCUT2D eigenvalue weighted by Gasteiger charge is 2.05. The number of hydrogen-bond acceptors (Lipinski definition) is 2. The van der Waals surface area contributed by atoms with Gasteiger partial charge in [0.15, 0.2) is 0 Å². The first-order valence-corrected chi connectivity index (χ1v) is 5.17. The number of hydrogen-bond donors (Lipinski definition) is 1. The molecule has 0 aliphatic rings. The summed E-state index contributed by atoms with van der Waals surface area (Å²) in [4.78, 5) is 0. The molecule has 1 aromatic heterocycles. The number of rotatable bonds is 2. The summed E-state index contributed by atoms with van der Waals surface area (Å²) in [5.41, 5.74) is 6.58. The molecule has 0 spiro atoms. The Morgan fingerprint density at radius 3 is 2.87 bits per heavy atom. The second-order valence-corrected chi connectivity index (χ2v) is 4.02. The lowest BCUT2D eigenvalue weighted by atomic mass is 10.2. The van der Waals surface area contributed by atoms with E-state index in [4.69, 9.17) is 5.73 Å². The molecule has 2 rings (SSSR count). The fourth-order valence-electron chi connectivity index (χ4n) is 1.31. The van der Waals surface area contributed by atoms with Gasteiger partial charge in [0.2, 0.25) is 0 Å². The smallest absolute Gasteiger partial charge is 0.136 e. The number of nitrogen functional groups attached to an aromatic ring is 1. The summed E-state index contributed by atoms with van der Waals surface area (Å²) in [5.74, 6) is 0.288. The topological polar surface area (TPSA) is 43.8 Å². The average molecular weight is 270 g/mol. The van der Waals surface area contributed by atoms with Crippen molar-refractivity contribution in [3.05, 3.63) is 46.3 Å². The summed E-state index contributed by atoms with van der Waals surface area (Å²) in [6.45, 7) is 0.467. The van der Waals surface area contributed by atoms with Crippen LogP contribution in [0.2, 0.25) is 0 Å². The highest BCUT2D eigenvalue weighted by atomic mass is 79.9. The fraction of sp³-hybridized carbons (Fsp3) is 0.100. The van der Waals surface area contributed by atoms with Crippen molar-refractivity contribution in [2.45, 2.75) is 6.54 Å². The van der Waals surface area contributed by atoms with Crippen LogP contribution in [0.15, 0.2) is 34.9 Å². The minimum absolute atomic E-state index is 0.253. The van der Waals surface area contributed by atoms with Gasteiger partial charge in [-0.1, -0.05) is 12.1 Å². The van der Waals surface area contributed by atoms with Gasteiger partial charge in [0.05, 0.1) is 17.2 Å². The van der Waals surface area contributed by atoms with Crippen LogP contribution in [0.25, 0.3) is 0 Å². The van der Waals surface area contributed by atoms with Crippen LogP contribution in [0.4, 0.5) is 10.2 Å². The molecule has 0 aliphatic carbocycles. The van der Waals surface area contributed by atoms with Gasteiger partial charge < -0.3 is 5.73 Å². The Morgan fingerprint density at radius 1 is 1.47 bits per heavy atom. The molecule has 1 heterocycles. The van der Waals surface area contributed by atoms with Crippen LogP contribution in [0.1, 0.15) is 5.56 Å². The van der Waals surface area contributed by atoms with Crippen molar-refractivity contribution in [1.29, 1.82) is 0 Å². The van der Waals surface area contributed by atoms with Crippen LogP contribution in [-0.2, 0) is 6.54 Å². The number of nitrogens with zero attached hydrogens (tertiary/aromatic N) is 2. The fourth-order valence-corrected chi connectivity index (χ4v) is 1.60. The molecule has 15 heavy (non-hydrogen) atoms. The van der Waals surface area contributed by atoms with Crippen LogP contribution in [-0.4, -0.2) is 9.78 Å². The van der Waals surface area contributed by atoms with Gasteiger partial charge in [-0.25, -0.2) is 9.07 Å². The zero-order valence-electron chi connectivity index (χ0n) is 7.82. The van der Waals surface area contributed by atoms with E-state index in [-0.39, 0.29) is 5.82 Å². The van der Waals surface area contributed by atoms with E-state index in [1.807, 2.05) is 6.07 Å². The van der Waals surface area contributed by atoms with E-state index in [1.54, 1.807) is 16.9 Å². The van der Waals surface area contributed by atoms with Gasteiger partial charge in [-0.05, 0) is 33.6 Å². The number of aromatic nitrogens is 2. The molecule has 3 nitrogen and oxygen atoms in total. The second-order valence-electron chi connectivity index (χ2n) is 3.17. The number of anilines is 1. The largest absolute Gasteiger partial charge is 0.383 e. The summed E-state index contributed by atoms with van der Waals surface area (Å²) in [6.07, 6.45) is 1.62. The van der Waals surface area contributed by atoms with E-state index in [1.165, 1.54) is 12.1 Å². The van der Waals surface area contributed by atoms with E-state index < -0.39 is 0 Å². The highest BCUT2D eigenvalue weighted by molar-refractivity contribution is 9.10. The molecule has 0 radical (unpaired) electrons. The van der Waals surface area contributed by atoms with Crippen molar-refractivity contribution in [3.63, 3.8) is 0 Å². The summed E-state index contributed by atoms with van der Waals surface area (Å²) >= 11 is 3.26. The summed E-state index contributed by atoms with van der Waals surface area (Å²) in [7, 11) is 0. The normalized spacial score (nSPS) is 10.5. The molecule has 0 saturated heterocycles. The summed E-state index contributed by atoms with van der Waals surface area (Å²) in [5, 5.41) is 4.06. The van der Waals surface area contributed by atoms with Crippen LogP contribution in [0.3, 0.4) is 0 Å². The minimum atomic E-state index is -0.253. The van der Waals surface area contributed by atoms with Gasteiger partial charge in [0.1, 0.15) is 11.6 Å². The number of halogens is 2. The quantitative estimate of drug-likeness (QED) is 0.910. The predicted octanol–water partition coefficient (Wildman–Crippen LogP) is 2.42. The Kier molecular flexibility index (Phi) is 2.73. The van der Waals surface area contributed by atoms with Crippen molar-refractivity contribution in [1.82, 2.24) is 9.78 Å². The van der Waals surface area contributed by atoms with Gasteiger partial charge in [0.25, 0.3) is 0 Å². The van der Waals surface area contributed by atoms with Crippen molar-refractivity contribution in [2.75, 3.05) is 5.73 Å². The van der Waals surface area contributed by atoms with Gasteiger partial charge >= 0.3 is 0 Å². The van der Waals surface area contributed by atoms with Gasteiger partial charge in [-0.15, -0.1) is 0 Å². The zero-order chi connectivity index (χ0) is 10.8. The Balaban J connectivity index is 2.26. The lowest BCUT2D eigenvalue weighted by Gasteiger charge is -2.04. The molecule has 2 N–H and O–H groups in total. The van der Waals surface area contributed by atoms with E-state index >= 15 is 0 Å². The Morgan fingerprint density at radius 2 is 2.27 bits per heavy atom. The molecule has 5 heteroatoms. The third-order valence-corrected chi connectivity index (χ3v) is 2.67. The SMILES string of the molecule is Nc1c(Br)cnn1Cc1cccc(F)c1. The molecule has 0 amide bonds. The van der Waals surface area contributed by atoms with E-state index in [0.29, 0.717) is 12.4 Å². The maximum atomic E-state index is 12.9. The monoisotopic (exact) mass is 269 g/mol. The van der Waals surface area contributed by atoms with Crippen LogP contribution >= 0.6 is 15.9 Å². The van der Waals surface area contributed by atoms with Crippen LogP contribution in [0.5, 0.6) is 0 Å². The van der Waals surface area contributed by atoms with E-state index in [2.05, 4.69) is 21.0 Å². The molecule has 0 saturated carbocycles. The molecule has 0 atom stereocenters. The van der Waals surface area contributed by atoms with Crippen molar-refractivity contribution in [2.24, 2.45) is 0 Å². The molecular formula is C10H9BrFN3. The molecule has 0 fully saturated rings. The lowest BCUT2D eigenvalue weighted by molar-refractivity contribution is 0.620. The van der Waals surface area contributed by atoms with Gasteiger partial charge in [0, 0.05) is 0 Å².